The second-order valence-electron chi connectivity index (χ2n) is 2.96. The quantitative estimate of drug-likeness (QED) is 0.560. The summed E-state index contributed by atoms with van der Waals surface area (Å²) in [4.78, 5) is 5.50. The van der Waals surface area contributed by atoms with Crippen LogP contribution in [0, 0.1) is 0 Å². The Morgan fingerprint density at radius 1 is 1.19 bits per heavy atom. The van der Waals surface area contributed by atoms with Gasteiger partial charge < -0.3 is 13.6 Å². The van der Waals surface area contributed by atoms with Gasteiger partial charge in [-0.1, -0.05) is 0 Å². The first-order valence-corrected chi connectivity index (χ1v) is 5.96. The van der Waals surface area contributed by atoms with Crippen LogP contribution in [-0.2, 0) is 11.4 Å². The molecule has 0 amide bonds. The third kappa shape index (κ3) is 4.18. The molecule has 1 aromatic carbocycles. The van der Waals surface area contributed by atoms with E-state index in [9.17, 15) is 8.76 Å². The molecular formula is C10H14NO4S-. The average molecular weight is 244 g/mol. The summed E-state index contributed by atoms with van der Waals surface area (Å²) in [5.41, 5.74) is 0. The molecule has 16 heavy (non-hydrogen) atoms. The number of benzene rings is 1. The summed E-state index contributed by atoms with van der Waals surface area (Å²) < 4.78 is 25.0. The summed E-state index contributed by atoms with van der Waals surface area (Å²) >= 11 is -2.54. The lowest BCUT2D eigenvalue weighted by Gasteiger charge is -2.18. The van der Waals surface area contributed by atoms with Crippen LogP contribution in [0.25, 0.3) is 0 Å². The predicted octanol–water partition coefficient (Wildman–Crippen LogP) is 1.50. The minimum atomic E-state index is -2.54. The number of nitrogens with zero attached hydrogens (tertiary/aromatic N) is 1. The van der Waals surface area contributed by atoms with E-state index in [0.29, 0.717) is 5.75 Å². The van der Waals surface area contributed by atoms with Crippen LogP contribution in [0.5, 0.6) is 11.5 Å². The van der Waals surface area contributed by atoms with Crippen molar-refractivity contribution in [3.8, 4) is 11.5 Å². The van der Waals surface area contributed by atoms with Gasteiger partial charge in [-0.3, -0.25) is 0 Å². The van der Waals surface area contributed by atoms with Gasteiger partial charge in [-0.15, -0.1) is 5.06 Å². The Hall–Kier alpha value is -1.11. The first kappa shape index (κ1) is 13.0. The van der Waals surface area contributed by atoms with Crippen LogP contribution < -0.4 is 9.02 Å². The molecule has 0 radical (unpaired) electrons. The maximum Gasteiger partial charge on any atom is 0.147 e. The molecule has 1 atom stereocenters. The fourth-order valence-electron chi connectivity index (χ4n) is 1.14. The van der Waals surface area contributed by atoms with E-state index in [1.54, 1.807) is 17.2 Å². The first-order chi connectivity index (χ1) is 7.65. The van der Waals surface area contributed by atoms with Crippen LogP contribution >= 0.6 is 0 Å². The Balaban J connectivity index is 2.60. The molecule has 1 aromatic rings. The summed E-state index contributed by atoms with van der Waals surface area (Å²) in [6, 6.07) is 6.38. The number of hydroxylamine groups is 2. The van der Waals surface area contributed by atoms with Crippen molar-refractivity contribution in [2.24, 2.45) is 0 Å². The highest BCUT2D eigenvalue weighted by Gasteiger charge is 2.02. The van der Waals surface area contributed by atoms with Gasteiger partial charge in [0, 0.05) is 13.1 Å². The van der Waals surface area contributed by atoms with Crippen LogP contribution in [-0.4, -0.2) is 26.9 Å². The Morgan fingerprint density at radius 2 is 1.69 bits per heavy atom. The number of hydrogen-bond donors (Lipinski definition) is 0. The zero-order chi connectivity index (χ0) is 12.0. The molecule has 0 aliphatic carbocycles. The molecule has 0 heterocycles. The minimum Gasteiger partial charge on any atom is -0.740 e. The van der Waals surface area contributed by atoms with Crippen molar-refractivity contribution in [2.75, 3.05) is 13.1 Å². The maximum atomic E-state index is 10.3. The predicted molar refractivity (Wildman–Crippen MR) is 59.5 cm³/mol. The highest BCUT2D eigenvalue weighted by molar-refractivity contribution is 7.74. The lowest BCUT2D eigenvalue weighted by Crippen LogP contribution is -2.26. The van der Waals surface area contributed by atoms with Crippen molar-refractivity contribution in [3.05, 3.63) is 24.3 Å². The van der Waals surface area contributed by atoms with Crippen molar-refractivity contribution in [1.82, 2.24) is 5.06 Å². The Bertz CT molecular complexity index is 337. The van der Waals surface area contributed by atoms with Crippen LogP contribution in [0.3, 0.4) is 0 Å². The van der Waals surface area contributed by atoms with Crippen LogP contribution in [0.15, 0.2) is 24.3 Å². The molecule has 0 fully saturated rings. The molecule has 0 aliphatic heterocycles. The third-order valence-electron chi connectivity index (χ3n) is 1.93. The molecule has 0 saturated heterocycles. The summed E-state index contributed by atoms with van der Waals surface area (Å²) in [5.74, 6) is 0.910. The van der Waals surface area contributed by atoms with Gasteiger partial charge >= 0.3 is 0 Å². The van der Waals surface area contributed by atoms with Gasteiger partial charge in [0.15, 0.2) is 0 Å². The first-order valence-electron chi connectivity index (χ1n) is 4.96. The van der Waals surface area contributed by atoms with Crippen LogP contribution in [0.2, 0.25) is 0 Å². The van der Waals surface area contributed by atoms with Crippen LogP contribution in [0.1, 0.15) is 13.8 Å². The second-order valence-corrected chi connectivity index (χ2v) is 3.54. The zero-order valence-corrected chi connectivity index (χ0v) is 10.0. The average Bonchev–Trinajstić information content (AvgIpc) is 2.27. The van der Waals surface area contributed by atoms with Gasteiger partial charge in [-0.05, 0) is 38.1 Å². The topological polar surface area (TPSA) is 61.8 Å². The Kier molecular flexibility index (Phi) is 5.24. The van der Waals surface area contributed by atoms with Gasteiger partial charge in [0.1, 0.15) is 22.9 Å². The monoisotopic (exact) mass is 244 g/mol. The highest BCUT2D eigenvalue weighted by atomic mass is 32.2. The van der Waals surface area contributed by atoms with Gasteiger partial charge in [0.05, 0.1) is 0 Å². The SMILES string of the molecule is CCN(CC)Oc1ccc(OS(=O)[O-])cc1. The zero-order valence-electron chi connectivity index (χ0n) is 9.21. The molecule has 1 unspecified atom stereocenters. The maximum absolute atomic E-state index is 10.3. The molecule has 0 aromatic heterocycles. The van der Waals surface area contributed by atoms with Crippen molar-refractivity contribution >= 4 is 11.4 Å². The third-order valence-corrected chi connectivity index (χ3v) is 2.26. The van der Waals surface area contributed by atoms with E-state index in [1.165, 1.54) is 12.1 Å². The summed E-state index contributed by atoms with van der Waals surface area (Å²) in [6.07, 6.45) is 0. The second kappa shape index (κ2) is 6.47. The van der Waals surface area contributed by atoms with E-state index < -0.39 is 11.4 Å². The van der Waals surface area contributed by atoms with Crippen molar-refractivity contribution in [3.63, 3.8) is 0 Å². The molecule has 0 aliphatic rings. The number of hydrogen-bond acceptors (Lipinski definition) is 5. The molecule has 0 spiro atoms. The fourth-order valence-corrected chi connectivity index (χ4v) is 1.40. The van der Waals surface area contributed by atoms with E-state index >= 15 is 0 Å². The van der Waals surface area contributed by atoms with Gasteiger partial charge in [0.2, 0.25) is 0 Å². The summed E-state index contributed by atoms with van der Waals surface area (Å²) in [5, 5.41) is 1.78. The van der Waals surface area contributed by atoms with E-state index in [4.69, 9.17) is 4.84 Å². The van der Waals surface area contributed by atoms with Crippen molar-refractivity contribution < 1.29 is 17.8 Å². The van der Waals surface area contributed by atoms with Crippen LogP contribution in [0.4, 0.5) is 0 Å². The standard InChI is InChI=1S/C10H15NO4S/c1-3-11(4-2)14-9-5-7-10(8-6-9)15-16(12)13/h5-8H,3-4H2,1-2H3,(H,12,13)/p-1. The summed E-state index contributed by atoms with van der Waals surface area (Å²) in [6.45, 7) is 5.53. The Labute approximate surface area is 97.4 Å². The lowest BCUT2D eigenvalue weighted by molar-refractivity contribution is -0.0486. The molecule has 0 N–H and O–H groups in total. The molecular weight excluding hydrogens is 230 g/mol. The highest BCUT2D eigenvalue weighted by Crippen LogP contribution is 2.18. The number of rotatable bonds is 6. The molecule has 6 heteroatoms. The minimum absolute atomic E-state index is 0.264. The largest absolute Gasteiger partial charge is 0.740 e. The van der Waals surface area contributed by atoms with Crippen molar-refractivity contribution in [1.29, 1.82) is 0 Å². The van der Waals surface area contributed by atoms with E-state index in [2.05, 4.69) is 4.18 Å². The normalized spacial score (nSPS) is 12.5. The summed E-state index contributed by atoms with van der Waals surface area (Å²) in [7, 11) is 0. The lowest BCUT2D eigenvalue weighted by atomic mass is 10.3. The van der Waals surface area contributed by atoms with E-state index in [-0.39, 0.29) is 5.75 Å². The fraction of sp³-hybridized carbons (Fsp3) is 0.400. The van der Waals surface area contributed by atoms with E-state index in [1.807, 2.05) is 13.8 Å². The molecule has 0 saturated carbocycles. The van der Waals surface area contributed by atoms with Gasteiger partial charge in [-0.25, -0.2) is 4.21 Å². The Morgan fingerprint density at radius 3 is 2.12 bits per heavy atom. The van der Waals surface area contributed by atoms with Gasteiger partial charge in [-0.2, -0.15) is 0 Å². The molecule has 5 nitrogen and oxygen atoms in total. The molecule has 0 bridgehead atoms. The molecule has 1 rings (SSSR count). The van der Waals surface area contributed by atoms with E-state index in [0.717, 1.165) is 13.1 Å². The van der Waals surface area contributed by atoms with Crippen molar-refractivity contribution in [2.45, 2.75) is 13.8 Å². The smallest absolute Gasteiger partial charge is 0.147 e. The molecule has 90 valence electrons. The van der Waals surface area contributed by atoms with Gasteiger partial charge in [0.25, 0.3) is 0 Å².